The second-order valence-electron chi connectivity index (χ2n) is 8.75. The van der Waals surface area contributed by atoms with Crippen molar-refractivity contribution in [2.24, 2.45) is 5.92 Å². The van der Waals surface area contributed by atoms with E-state index in [1.54, 1.807) is 16.8 Å². The molecule has 1 saturated heterocycles. The third kappa shape index (κ3) is 2.86. The summed E-state index contributed by atoms with van der Waals surface area (Å²) in [5.41, 5.74) is 1.38. The molecule has 3 aromatic rings. The molecular weight excluding hydrogens is 392 g/mol. The van der Waals surface area contributed by atoms with Crippen molar-refractivity contribution in [3.8, 4) is 6.07 Å². The molecule has 2 N–H and O–H groups in total. The van der Waals surface area contributed by atoms with Crippen LogP contribution in [0, 0.1) is 17.2 Å². The second kappa shape index (κ2) is 6.75. The number of hydrogen-bond donors (Lipinski definition) is 2. The third-order valence-corrected chi connectivity index (χ3v) is 6.81. The van der Waals surface area contributed by atoms with Crippen LogP contribution >= 0.6 is 0 Å². The fourth-order valence-electron chi connectivity index (χ4n) is 5.07. The highest BCUT2D eigenvalue weighted by molar-refractivity contribution is 5.77. The summed E-state index contributed by atoms with van der Waals surface area (Å²) < 4.78 is 1.74. The summed E-state index contributed by atoms with van der Waals surface area (Å²) in [5, 5.41) is 16.6. The number of anilines is 3. The van der Waals surface area contributed by atoms with Gasteiger partial charge in [-0.2, -0.15) is 10.2 Å². The Morgan fingerprint density at radius 1 is 1.16 bits per heavy atom. The van der Waals surface area contributed by atoms with Crippen LogP contribution in [0.2, 0.25) is 0 Å². The molecular formula is C22H22N8O. The lowest BCUT2D eigenvalue weighted by molar-refractivity contribution is -0.0884. The van der Waals surface area contributed by atoms with Crippen molar-refractivity contribution in [1.82, 2.24) is 24.8 Å². The second-order valence-corrected chi connectivity index (χ2v) is 8.75. The molecule has 3 saturated carbocycles. The zero-order valence-electron chi connectivity index (χ0n) is 17.0. The molecule has 9 nitrogen and oxygen atoms in total. The van der Waals surface area contributed by atoms with Gasteiger partial charge >= 0.3 is 0 Å². The SMILES string of the molecule is N#Cc1cc2cnc(Nc3ccc(N4CCNCC4)cn3)nc2n(C23CC(C2)C3)c1=O. The van der Waals surface area contributed by atoms with Crippen LogP contribution in [0.5, 0.6) is 0 Å². The average molecular weight is 414 g/mol. The van der Waals surface area contributed by atoms with Gasteiger partial charge < -0.3 is 15.5 Å². The maximum absolute atomic E-state index is 13.0. The number of nitrogens with zero attached hydrogens (tertiary/aromatic N) is 6. The van der Waals surface area contributed by atoms with Crippen LogP contribution in [0.25, 0.3) is 11.0 Å². The monoisotopic (exact) mass is 414 g/mol. The first kappa shape index (κ1) is 18.3. The molecule has 3 aliphatic carbocycles. The van der Waals surface area contributed by atoms with Crippen molar-refractivity contribution in [3.63, 3.8) is 0 Å². The summed E-state index contributed by atoms with van der Waals surface area (Å²) in [5.74, 6) is 1.73. The molecule has 31 heavy (non-hydrogen) atoms. The number of nitriles is 1. The van der Waals surface area contributed by atoms with E-state index in [1.165, 1.54) is 0 Å². The maximum Gasteiger partial charge on any atom is 0.270 e. The largest absolute Gasteiger partial charge is 0.368 e. The number of fused-ring (bicyclic) bond motifs is 1. The number of rotatable bonds is 4. The van der Waals surface area contributed by atoms with Gasteiger partial charge in [0, 0.05) is 37.8 Å². The van der Waals surface area contributed by atoms with Crippen molar-refractivity contribution in [2.75, 3.05) is 36.4 Å². The predicted molar refractivity (Wildman–Crippen MR) is 116 cm³/mol. The fraction of sp³-hybridized carbons (Fsp3) is 0.409. The minimum atomic E-state index is -0.253. The van der Waals surface area contributed by atoms with Gasteiger partial charge in [-0.3, -0.25) is 9.36 Å². The fourth-order valence-corrected chi connectivity index (χ4v) is 5.07. The number of nitrogens with one attached hydrogen (secondary N) is 2. The summed E-state index contributed by atoms with van der Waals surface area (Å²) in [7, 11) is 0. The molecule has 2 bridgehead atoms. The minimum Gasteiger partial charge on any atom is -0.368 e. The van der Waals surface area contributed by atoms with E-state index >= 15 is 0 Å². The van der Waals surface area contributed by atoms with Gasteiger partial charge in [-0.25, -0.2) is 9.97 Å². The Morgan fingerprint density at radius 2 is 1.97 bits per heavy atom. The lowest BCUT2D eigenvalue weighted by Crippen LogP contribution is -2.62. The van der Waals surface area contributed by atoms with Gasteiger partial charge in [-0.15, -0.1) is 0 Å². The first-order chi connectivity index (χ1) is 15.1. The van der Waals surface area contributed by atoms with Crippen LogP contribution in [0.3, 0.4) is 0 Å². The zero-order chi connectivity index (χ0) is 21.0. The van der Waals surface area contributed by atoms with Gasteiger partial charge in [0.05, 0.1) is 17.4 Å². The van der Waals surface area contributed by atoms with E-state index in [0.29, 0.717) is 28.7 Å². The highest BCUT2D eigenvalue weighted by Crippen LogP contribution is 2.62. The van der Waals surface area contributed by atoms with Crippen molar-refractivity contribution >= 4 is 28.5 Å². The number of piperazine rings is 1. The normalized spacial score (nSPS) is 24.2. The average Bonchev–Trinajstić information content (AvgIpc) is 2.74. The number of pyridine rings is 2. The van der Waals surface area contributed by atoms with Crippen LogP contribution < -0.4 is 21.1 Å². The Bertz CT molecular complexity index is 1250. The zero-order valence-corrected chi connectivity index (χ0v) is 17.0. The van der Waals surface area contributed by atoms with Crippen LogP contribution in [-0.4, -0.2) is 45.7 Å². The molecule has 4 aliphatic rings. The van der Waals surface area contributed by atoms with Crippen molar-refractivity contribution < 1.29 is 0 Å². The topological polar surface area (TPSA) is 112 Å². The van der Waals surface area contributed by atoms with Gasteiger partial charge in [-0.1, -0.05) is 0 Å². The summed E-state index contributed by atoms with van der Waals surface area (Å²) >= 11 is 0. The van der Waals surface area contributed by atoms with E-state index in [4.69, 9.17) is 0 Å². The molecule has 0 amide bonds. The van der Waals surface area contributed by atoms with Crippen molar-refractivity contribution in [1.29, 1.82) is 5.26 Å². The highest BCUT2D eigenvalue weighted by Gasteiger charge is 2.59. The maximum atomic E-state index is 13.0. The van der Waals surface area contributed by atoms with Crippen LogP contribution in [-0.2, 0) is 5.54 Å². The molecule has 0 atom stereocenters. The highest BCUT2D eigenvalue weighted by atomic mass is 16.1. The van der Waals surface area contributed by atoms with Crippen molar-refractivity contribution in [2.45, 2.75) is 24.8 Å². The molecule has 1 aliphatic heterocycles. The molecule has 0 spiro atoms. The Hall–Kier alpha value is -3.51. The van der Waals surface area contributed by atoms with E-state index in [2.05, 4.69) is 30.5 Å². The van der Waals surface area contributed by atoms with Crippen LogP contribution in [0.4, 0.5) is 17.5 Å². The van der Waals surface area contributed by atoms with Crippen molar-refractivity contribution in [3.05, 3.63) is 46.5 Å². The van der Waals surface area contributed by atoms with Gasteiger partial charge in [0.25, 0.3) is 5.56 Å². The molecule has 3 aromatic heterocycles. The molecule has 9 heteroatoms. The van der Waals surface area contributed by atoms with Gasteiger partial charge in [-0.05, 0) is 43.4 Å². The Morgan fingerprint density at radius 3 is 2.61 bits per heavy atom. The van der Waals surface area contributed by atoms with Crippen LogP contribution in [0.1, 0.15) is 24.8 Å². The first-order valence-corrected chi connectivity index (χ1v) is 10.7. The van der Waals surface area contributed by atoms with E-state index in [9.17, 15) is 10.1 Å². The molecule has 0 unspecified atom stereocenters. The summed E-state index contributed by atoms with van der Waals surface area (Å²) in [6, 6.07) is 7.57. The van der Waals surface area contributed by atoms with Gasteiger partial charge in [0.1, 0.15) is 23.1 Å². The Labute approximate surface area is 178 Å². The standard InChI is InChI=1S/C22H22N8O/c23-11-15-7-16-12-26-21(28-19(16)30(20(15)31)22-8-14(9-22)10-22)27-18-2-1-17(13-25-18)29-5-3-24-4-6-29/h1-2,7,12-14,24H,3-6,8-10H2,(H,25,26,27,28). The van der Waals surface area contributed by atoms with E-state index in [1.807, 2.05) is 24.4 Å². The Kier molecular flexibility index (Phi) is 3.98. The van der Waals surface area contributed by atoms with E-state index < -0.39 is 0 Å². The summed E-state index contributed by atoms with van der Waals surface area (Å²) in [6.07, 6.45) is 6.48. The van der Waals surface area contributed by atoms with Gasteiger partial charge in [0.2, 0.25) is 5.95 Å². The molecule has 0 aromatic carbocycles. The molecule has 156 valence electrons. The first-order valence-electron chi connectivity index (χ1n) is 10.7. The third-order valence-electron chi connectivity index (χ3n) is 6.81. The molecule has 0 radical (unpaired) electrons. The Balaban J connectivity index is 1.33. The quantitative estimate of drug-likeness (QED) is 0.664. The van der Waals surface area contributed by atoms with Crippen LogP contribution in [0.15, 0.2) is 35.4 Å². The van der Waals surface area contributed by atoms with Gasteiger partial charge in [0.15, 0.2) is 0 Å². The lowest BCUT2D eigenvalue weighted by Gasteiger charge is -2.62. The summed E-state index contributed by atoms with van der Waals surface area (Å²) in [6.45, 7) is 3.88. The van der Waals surface area contributed by atoms with E-state index in [-0.39, 0.29) is 16.7 Å². The molecule has 4 fully saturated rings. The lowest BCUT2D eigenvalue weighted by atomic mass is 9.49. The number of aromatic nitrogens is 4. The molecule has 7 rings (SSSR count). The number of hydrogen-bond acceptors (Lipinski definition) is 8. The van der Waals surface area contributed by atoms with E-state index in [0.717, 1.165) is 51.1 Å². The smallest absolute Gasteiger partial charge is 0.270 e. The summed E-state index contributed by atoms with van der Waals surface area (Å²) in [4.78, 5) is 28.8. The molecule has 4 heterocycles. The minimum absolute atomic E-state index is 0.145. The predicted octanol–water partition coefficient (Wildman–Crippen LogP) is 1.72.